The number of nitrogens with one attached hydrogen (secondary N) is 1. The van der Waals surface area contributed by atoms with Gasteiger partial charge in [0, 0.05) is 12.5 Å². The lowest BCUT2D eigenvalue weighted by Crippen LogP contribution is -2.55. The number of ether oxygens (including phenoxy) is 1. The molecule has 2 amide bonds. The van der Waals surface area contributed by atoms with Crippen molar-refractivity contribution in [3.05, 3.63) is 35.4 Å². The number of likely N-dealkylation sites (tertiary alicyclic amines) is 1. The quantitative estimate of drug-likeness (QED) is 0.740. The Morgan fingerprint density at radius 1 is 1.16 bits per heavy atom. The summed E-state index contributed by atoms with van der Waals surface area (Å²) in [6, 6.07) is 9.29. The fourth-order valence-electron chi connectivity index (χ4n) is 4.81. The zero-order valence-electron chi connectivity index (χ0n) is 19.4. The van der Waals surface area contributed by atoms with E-state index in [0.29, 0.717) is 12.3 Å². The summed E-state index contributed by atoms with van der Waals surface area (Å²) in [5.74, 6) is 0.472. The summed E-state index contributed by atoms with van der Waals surface area (Å²) < 4.78 is 5.56. The van der Waals surface area contributed by atoms with E-state index < -0.39 is 23.8 Å². The summed E-state index contributed by atoms with van der Waals surface area (Å²) in [5, 5.41) is 12.5. The molecule has 0 radical (unpaired) electrons. The van der Waals surface area contributed by atoms with Crippen LogP contribution in [0.2, 0.25) is 0 Å². The van der Waals surface area contributed by atoms with Crippen molar-refractivity contribution in [2.75, 3.05) is 0 Å². The van der Waals surface area contributed by atoms with Crippen molar-refractivity contribution in [3.63, 3.8) is 0 Å². The van der Waals surface area contributed by atoms with Gasteiger partial charge in [0.05, 0.1) is 6.07 Å². The fourth-order valence-corrected chi connectivity index (χ4v) is 4.81. The van der Waals surface area contributed by atoms with E-state index in [0.717, 1.165) is 31.2 Å². The number of nitrogens with zero attached hydrogens (tertiary/aromatic N) is 2. The predicted octanol–water partition coefficient (Wildman–Crippen LogP) is 4.22. The number of nitriles is 1. The minimum atomic E-state index is -0.636. The van der Waals surface area contributed by atoms with Crippen molar-refractivity contribution in [2.45, 2.75) is 90.4 Å². The topological polar surface area (TPSA) is 82.4 Å². The van der Waals surface area contributed by atoms with Gasteiger partial charge in [-0.3, -0.25) is 9.69 Å². The summed E-state index contributed by atoms with van der Waals surface area (Å²) in [6.07, 6.45) is 3.68. The third-order valence-electron chi connectivity index (χ3n) is 6.04. The second-order valence-electron chi connectivity index (χ2n) is 10.4. The van der Waals surface area contributed by atoms with Gasteiger partial charge in [0.2, 0.25) is 5.91 Å². The van der Waals surface area contributed by atoms with Crippen molar-refractivity contribution in [1.29, 1.82) is 5.26 Å². The third-order valence-corrected chi connectivity index (χ3v) is 6.04. The molecular formula is C25H35N3O3. The zero-order valence-corrected chi connectivity index (χ0v) is 19.4. The number of hydrogen-bond donors (Lipinski definition) is 1. The van der Waals surface area contributed by atoms with Crippen LogP contribution in [0.1, 0.15) is 65.0 Å². The van der Waals surface area contributed by atoms with Gasteiger partial charge in [-0.1, -0.05) is 38.1 Å². The number of amides is 2. The summed E-state index contributed by atoms with van der Waals surface area (Å²) >= 11 is 0. The minimum absolute atomic E-state index is 0.0460. The van der Waals surface area contributed by atoms with Gasteiger partial charge >= 0.3 is 6.09 Å². The molecule has 1 aliphatic heterocycles. The Morgan fingerprint density at radius 2 is 1.77 bits per heavy atom. The molecule has 2 aliphatic rings. The van der Waals surface area contributed by atoms with E-state index >= 15 is 0 Å². The molecule has 1 saturated heterocycles. The predicted molar refractivity (Wildman–Crippen MR) is 119 cm³/mol. The molecule has 0 aromatic heterocycles. The molecule has 0 spiro atoms. The molecule has 0 unspecified atom stereocenters. The summed E-state index contributed by atoms with van der Waals surface area (Å²) in [5.41, 5.74) is 1.67. The molecule has 1 aromatic rings. The van der Waals surface area contributed by atoms with E-state index in [9.17, 15) is 14.9 Å². The maximum Gasteiger partial charge on any atom is 0.411 e. The average Bonchev–Trinajstić information content (AvgIpc) is 3.28. The summed E-state index contributed by atoms with van der Waals surface area (Å²) in [7, 11) is 0. The molecule has 1 aromatic carbocycles. The van der Waals surface area contributed by atoms with E-state index in [2.05, 4.69) is 37.4 Å². The lowest BCUT2D eigenvalue weighted by Gasteiger charge is -2.35. The minimum Gasteiger partial charge on any atom is -0.444 e. The highest BCUT2D eigenvalue weighted by atomic mass is 16.6. The first-order valence-electron chi connectivity index (χ1n) is 11.4. The SMILES string of the molecule is CC(C)Cc1ccc(C[C@@H](C#N)NC(=O)[C@@H]2[C@H]3CC[C@H](C3)N2C(=O)OC(C)(C)C)cc1. The largest absolute Gasteiger partial charge is 0.444 e. The van der Waals surface area contributed by atoms with Crippen LogP contribution in [0.5, 0.6) is 0 Å². The Labute approximate surface area is 185 Å². The van der Waals surface area contributed by atoms with Crippen LogP contribution in [0, 0.1) is 23.2 Å². The van der Waals surface area contributed by atoms with E-state index in [1.807, 2.05) is 32.9 Å². The first-order valence-corrected chi connectivity index (χ1v) is 11.4. The van der Waals surface area contributed by atoms with Crippen LogP contribution >= 0.6 is 0 Å². The van der Waals surface area contributed by atoms with Crippen LogP contribution < -0.4 is 5.32 Å². The molecule has 6 heteroatoms. The lowest BCUT2D eigenvalue weighted by atomic mass is 9.97. The molecule has 4 atom stereocenters. The Hall–Kier alpha value is -2.55. The molecule has 168 valence electrons. The highest BCUT2D eigenvalue weighted by Gasteiger charge is 2.52. The smallest absolute Gasteiger partial charge is 0.411 e. The normalized spacial score (nSPS) is 23.5. The van der Waals surface area contributed by atoms with Crippen LogP contribution in [0.15, 0.2) is 24.3 Å². The van der Waals surface area contributed by atoms with Gasteiger partial charge in [-0.25, -0.2) is 4.79 Å². The molecule has 1 saturated carbocycles. The number of piperidine rings is 1. The number of carbonyl (C=O) groups excluding carboxylic acids is 2. The van der Waals surface area contributed by atoms with Gasteiger partial charge in [-0.2, -0.15) is 5.26 Å². The highest BCUT2D eigenvalue weighted by Crippen LogP contribution is 2.43. The van der Waals surface area contributed by atoms with Crippen molar-refractivity contribution in [1.82, 2.24) is 10.2 Å². The molecule has 1 heterocycles. The number of carbonyl (C=O) groups is 2. The van der Waals surface area contributed by atoms with Crippen molar-refractivity contribution < 1.29 is 14.3 Å². The molecule has 3 rings (SSSR count). The maximum absolute atomic E-state index is 13.1. The van der Waals surface area contributed by atoms with Gasteiger partial charge in [-0.15, -0.1) is 0 Å². The molecular weight excluding hydrogens is 390 g/mol. The Bertz CT molecular complexity index is 835. The van der Waals surface area contributed by atoms with Crippen LogP contribution in [0.25, 0.3) is 0 Å². The van der Waals surface area contributed by atoms with Gasteiger partial charge < -0.3 is 10.1 Å². The highest BCUT2D eigenvalue weighted by molar-refractivity contribution is 5.87. The molecule has 1 N–H and O–H groups in total. The van der Waals surface area contributed by atoms with Crippen LogP contribution in [-0.4, -0.2) is 40.6 Å². The first-order chi connectivity index (χ1) is 14.6. The number of fused-ring (bicyclic) bond motifs is 2. The lowest BCUT2D eigenvalue weighted by molar-refractivity contribution is -0.128. The standard InChI is InChI=1S/C25H35N3O3/c1-16(2)12-17-6-8-18(9-7-17)13-20(15-26)27-23(29)22-19-10-11-21(14-19)28(22)24(30)31-25(3,4)5/h6-9,16,19-22H,10-14H2,1-5H3,(H,27,29)/t19-,20-,21+,22-/m0/s1. The van der Waals surface area contributed by atoms with Crippen LogP contribution in [0.3, 0.4) is 0 Å². The monoisotopic (exact) mass is 425 g/mol. The molecule has 2 fully saturated rings. The van der Waals surface area contributed by atoms with Crippen LogP contribution in [-0.2, 0) is 22.4 Å². The van der Waals surface area contributed by atoms with E-state index in [1.165, 1.54) is 5.56 Å². The Morgan fingerprint density at radius 3 is 2.32 bits per heavy atom. The summed E-state index contributed by atoms with van der Waals surface area (Å²) in [4.78, 5) is 27.5. The first kappa shape index (κ1) is 23.1. The Kier molecular flexibility index (Phi) is 6.93. The molecule has 31 heavy (non-hydrogen) atoms. The van der Waals surface area contributed by atoms with Gasteiger partial charge in [0.25, 0.3) is 0 Å². The van der Waals surface area contributed by atoms with Crippen LogP contribution in [0.4, 0.5) is 4.79 Å². The van der Waals surface area contributed by atoms with Gasteiger partial charge in [0.15, 0.2) is 0 Å². The van der Waals surface area contributed by atoms with E-state index in [1.54, 1.807) is 4.90 Å². The second-order valence-corrected chi connectivity index (χ2v) is 10.4. The number of rotatable bonds is 6. The molecule has 6 nitrogen and oxygen atoms in total. The second kappa shape index (κ2) is 9.30. The Balaban J connectivity index is 1.65. The molecule has 1 aliphatic carbocycles. The number of benzene rings is 1. The van der Waals surface area contributed by atoms with E-state index in [-0.39, 0.29) is 17.9 Å². The van der Waals surface area contributed by atoms with Crippen molar-refractivity contribution in [2.24, 2.45) is 11.8 Å². The number of hydrogen-bond acceptors (Lipinski definition) is 4. The maximum atomic E-state index is 13.1. The third kappa shape index (κ3) is 5.78. The van der Waals surface area contributed by atoms with Crippen molar-refractivity contribution in [3.8, 4) is 6.07 Å². The fraction of sp³-hybridized carbons (Fsp3) is 0.640. The van der Waals surface area contributed by atoms with Gasteiger partial charge in [0.1, 0.15) is 17.7 Å². The summed E-state index contributed by atoms with van der Waals surface area (Å²) in [6.45, 7) is 9.85. The molecule has 2 bridgehead atoms. The van der Waals surface area contributed by atoms with E-state index in [4.69, 9.17) is 4.74 Å². The van der Waals surface area contributed by atoms with Crippen molar-refractivity contribution >= 4 is 12.0 Å². The van der Waals surface area contributed by atoms with Gasteiger partial charge in [-0.05, 0) is 69.4 Å². The zero-order chi connectivity index (χ0) is 22.8. The average molecular weight is 426 g/mol.